The SMILES string of the molecule is Cn1cc(NCCNC(C)(C)C)ccc1=O. The van der Waals surface area contributed by atoms with Crippen molar-refractivity contribution >= 4 is 5.69 Å². The molecule has 0 aliphatic carbocycles. The molecule has 4 heteroatoms. The van der Waals surface area contributed by atoms with Gasteiger partial charge < -0.3 is 15.2 Å². The van der Waals surface area contributed by atoms with E-state index in [1.807, 2.05) is 0 Å². The summed E-state index contributed by atoms with van der Waals surface area (Å²) in [6, 6.07) is 3.37. The van der Waals surface area contributed by atoms with Crippen LogP contribution < -0.4 is 16.2 Å². The molecule has 0 saturated heterocycles. The van der Waals surface area contributed by atoms with Crippen LogP contribution >= 0.6 is 0 Å². The van der Waals surface area contributed by atoms with Gasteiger partial charge in [0, 0.05) is 37.9 Å². The number of aromatic nitrogens is 1. The number of anilines is 1. The van der Waals surface area contributed by atoms with Gasteiger partial charge in [0.2, 0.25) is 5.56 Å². The molecule has 4 nitrogen and oxygen atoms in total. The van der Waals surface area contributed by atoms with Crippen molar-refractivity contribution in [2.45, 2.75) is 26.3 Å². The fraction of sp³-hybridized carbons (Fsp3) is 0.583. The first-order valence-electron chi connectivity index (χ1n) is 5.54. The summed E-state index contributed by atoms with van der Waals surface area (Å²) in [6.45, 7) is 8.15. The van der Waals surface area contributed by atoms with E-state index in [4.69, 9.17) is 0 Å². The summed E-state index contributed by atoms with van der Waals surface area (Å²) in [5.41, 5.74) is 1.13. The quantitative estimate of drug-likeness (QED) is 0.754. The Morgan fingerprint density at radius 3 is 2.50 bits per heavy atom. The van der Waals surface area contributed by atoms with Gasteiger partial charge in [0.05, 0.1) is 5.69 Å². The molecule has 1 aromatic heterocycles. The first-order valence-corrected chi connectivity index (χ1v) is 5.54. The Bertz CT molecular complexity index is 390. The molecule has 1 aromatic rings. The van der Waals surface area contributed by atoms with E-state index in [-0.39, 0.29) is 11.1 Å². The predicted molar refractivity (Wildman–Crippen MR) is 67.9 cm³/mol. The van der Waals surface area contributed by atoms with E-state index in [0.717, 1.165) is 18.8 Å². The van der Waals surface area contributed by atoms with E-state index in [2.05, 4.69) is 31.4 Å². The summed E-state index contributed by atoms with van der Waals surface area (Å²) < 4.78 is 1.57. The molecule has 0 unspecified atom stereocenters. The summed E-state index contributed by atoms with van der Waals surface area (Å²) in [5, 5.41) is 6.65. The fourth-order valence-corrected chi connectivity index (χ4v) is 1.34. The van der Waals surface area contributed by atoms with Gasteiger partial charge in [-0.2, -0.15) is 0 Å². The number of nitrogens with zero attached hydrogens (tertiary/aromatic N) is 1. The van der Waals surface area contributed by atoms with Crippen molar-refractivity contribution in [3.8, 4) is 0 Å². The minimum absolute atomic E-state index is 0.0124. The molecule has 90 valence electrons. The summed E-state index contributed by atoms with van der Waals surface area (Å²) in [7, 11) is 1.75. The Balaban J connectivity index is 2.38. The van der Waals surface area contributed by atoms with Gasteiger partial charge in [-0.05, 0) is 26.8 Å². The maximum Gasteiger partial charge on any atom is 0.250 e. The van der Waals surface area contributed by atoms with Gasteiger partial charge in [-0.15, -0.1) is 0 Å². The van der Waals surface area contributed by atoms with Crippen LogP contribution in [0.2, 0.25) is 0 Å². The standard InChI is InChI=1S/C12H21N3O/c1-12(2,3)14-8-7-13-10-5-6-11(16)15(4)9-10/h5-6,9,13-14H,7-8H2,1-4H3. The van der Waals surface area contributed by atoms with Gasteiger partial charge in [-0.3, -0.25) is 4.79 Å². The molecule has 16 heavy (non-hydrogen) atoms. The average molecular weight is 223 g/mol. The molecular formula is C12H21N3O. The Labute approximate surface area is 96.7 Å². The number of hydrogen-bond donors (Lipinski definition) is 2. The van der Waals surface area contributed by atoms with Crippen LogP contribution in [0.5, 0.6) is 0 Å². The number of nitrogens with one attached hydrogen (secondary N) is 2. The minimum Gasteiger partial charge on any atom is -0.383 e. The molecule has 0 spiro atoms. The lowest BCUT2D eigenvalue weighted by molar-refractivity contribution is 0.435. The second-order valence-electron chi connectivity index (χ2n) is 4.97. The molecule has 0 amide bonds. The molecule has 0 aliphatic heterocycles. The van der Waals surface area contributed by atoms with Crippen LogP contribution in [-0.4, -0.2) is 23.2 Å². The molecule has 1 rings (SSSR count). The first-order chi connectivity index (χ1) is 7.38. The lowest BCUT2D eigenvalue weighted by Gasteiger charge is -2.20. The Morgan fingerprint density at radius 2 is 1.94 bits per heavy atom. The van der Waals surface area contributed by atoms with Crippen LogP contribution in [0.25, 0.3) is 0 Å². The van der Waals surface area contributed by atoms with Gasteiger partial charge in [0.15, 0.2) is 0 Å². The van der Waals surface area contributed by atoms with Crippen LogP contribution in [-0.2, 0) is 7.05 Å². The number of aryl methyl sites for hydroxylation is 1. The van der Waals surface area contributed by atoms with Crippen LogP contribution in [0.3, 0.4) is 0 Å². The van der Waals surface area contributed by atoms with E-state index in [1.165, 1.54) is 0 Å². The van der Waals surface area contributed by atoms with E-state index < -0.39 is 0 Å². The van der Waals surface area contributed by atoms with Crippen molar-refractivity contribution in [3.63, 3.8) is 0 Å². The topological polar surface area (TPSA) is 46.1 Å². The van der Waals surface area contributed by atoms with Crippen LogP contribution in [0, 0.1) is 0 Å². The Hall–Kier alpha value is -1.29. The highest BCUT2D eigenvalue weighted by atomic mass is 16.1. The van der Waals surface area contributed by atoms with E-state index in [0.29, 0.717) is 0 Å². The lowest BCUT2D eigenvalue weighted by Crippen LogP contribution is -2.38. The molecule has 2 N–H and O–H groups in total. The normalized spacial score (nSPS) is 11.5. The zero-order valence-corrected chi connectivity index (χ0v) is 10.5. The summed E-state index contributed by atoms with van der Waals surface area (Å²) >= 11 is 0. The molecule has 0 aliphatic rings. The number of rotatable bonds is 4. The Morgan fingerprint density at radius 1 is 1.25 bits per heavy atom. The lowest BCUT2D eigenvalue weighted by atomic mass is 10.1. The van der Waals surface area contributed by atoms with Crippen molar-refractivity contribution in [1.82, 2.24) is 9.88 Å². The molecule has 0 fully saturated rings. The van der Waals surface area contributed by atoms with Crippen LogP contribution in [0.1, 0.15) is 20.8 Å². The zero-order valence-electron chi connectivity index (χ0n) is 10.5. The third-order valence-electron chi connectivity index (χ3n) is 2.20. The summed E-state index contributed by atoms with van der Waals surface area (Å²) in [5.74, 6) is 0. The molecule has 0 atom stereocenters. The van der Waals surface area contributed by atoms with Crippen molar-refractivity contribution < 1.29 is 0 Å². The van der Waals surface area contributed by atoms with Crippen molar-refractivity contribution in [2.24, 2.45) is 7.05 Å². The second-order valence-corrected chi connectivity index (χ2v) is 4.97. The highest BCUT2D eigenvalue weighted by Gasteiger charge is 2.06. The number of hydrogen-bond acceptors (Lipinski definition) is 3. The molecule has 0 bridgehead atoms. The molecular weight excluding hydrogens is 202 g/mol. The molecule has 0 saturated carbocycles. The predicted octanol–water partition coefficient (Wildman–Crippen LogP) is 1.19. The average Bonchev–Trinajstić information content (AvgIpc) is 2.17. The smallest absolute Gasteiger partial charge is 0.250 e. The fourth-order valence-electron chi connectivity index (χ4n) is 1.34. The zero-order chi connectivity index (χ0) is 12.2. The van der Waals surface area contributed by atoms with Crippen molar-refractivity contribution in [1.29, 1.82) is 0 Å². The minimum atomic E-state index is 0.0124. The van der Waals surface area contributed by atoms with E-state index in [9.17, 15) is 4.79 Å². The second kappa shape index (κ2) is 5.16. The maximum absolute atomic E-state index is 11.2. The first kappa shape index (κ1) is 12.8. The van der Waals surface area contributed by atoms with Crippen LogP contribution in [0.15, 0.2) is 23.1 Å². The summed E-state index contributed by atoms with van der Waals surface area (Å²) in [4.78, 5) is 11.2. The third kappa shape index (κ3) is 4.49. The van der Waals surface area contributed by atoms with E-state index in [1.54, 1.807) is 29.9 Å². The third-order valence-corrected chi connectivity index (χ3v) is 2.20. The van der Waals surface area contributed by atoms with E-state index >= 15 is 0 Å². The van der Waals surface area contributed by atoms with Gasteiger partial charge in [-0.1, -0.05) is 0 Å². The Kier molecular flexibility index (Phi) is 4.12. The van der Waals surface area contributed by atoms with Gasteiger partial charge >= 0.3 is 0 Å². The highest BCUT2D eigenvalue weighted by molar-refractivity contribution is 5.39. The van der Waals surface area contributed by atoms with Gasteiger partial charge in [0.1, 0.15) is 0 Å². The van der Waals surface area contributed by atoms with Gasteiger partial charge in [-0.25, -0.2) is 0 Å². The summed E-state index contributed by atoms with van der Waals surface area (Å²) in [6.07, 6.45) is 1.80. The highest BCUT2D eigenvalue weighted by Crippen LogP contribution is 2.01. The molecule has 0 radical (unpaired) electrons. The van der Waals surface area contributed by atoms with Crippen molar-refractivity contribution in [3.05, 3.63) is 28.7 Å². The van der Waals surface area contributed by atoms with Crippen LogP contribution in [0.4, 0.5) is 5.69 Å². The monoisotopic (exact) mass is 223 g/mol. The molecule has 0 aromatic carbocycles. The molecule has 1 heterocycles. The van der Waals surface area contributed by atoms with Gasteiger partial charge in [0.25, 0.3) is 0 Å². The van der Waals surface area contributed by atoms with Crippen molar-refractivity contribution in [2.75, 3.05) is 18.4 Å². The maximum atomic E-state index is 11.2. The largest absolute Gasteiger partial charge is 0.383 e. The number of pyridine rings is 1.